The fourth-order valence-corrected chi connectivity index (χ4v) is 5.99. The first kappa shape index (κ1) is 23.9. The number of fused-ring (bicyclic) bond motifs is 4. The number of amides is 1. The van der Waals surface area contributed by atoms with Crippen molar-refractivity contribution < 1.29 is 14.3 Å². The van der Waals surface area contributed by atoms with Crippen molar-refractivity contribution >= 4 is 44.4 Å². The van der Waals surface area contributed by atoms with Gasteiger partial charge in [0.1, 0.15) is 5.69 Å². The molecule has 4 aromatic rings. The van der Waals surface area contributed by atoms with Gasteiger partial charge in [-0.1, -0.05) is 64.5 Å². The molecule has 0 spiro atoms. The molecule has 2 aliphatic rings. The number of benzene rings is 3. The molecule has 2 heterocycles. The lowest BCUT2D eigenvalue weighted by atomic mass is 10.0. The van der Waals surface area contributed by atoms with Crippen molar-refractivity contribution in [3.63, 3.8) is 0 Å². The Kier molecular flexibility index (Phi) is 6.32. The van der Waals surface area contributed by atoms with Crippen molar-refractivity contribution in [3.8, 4) is 11.1 Å². The maximum absolute atomic E-state index is 13.1. The van der Waals surface area contributed by atoms with Gasteiger partial charge in [0.05, 0.1) is 25.4 Å². The van der Waals surface area contributed by atoms with Crippen LogP contribution in [0.15, 0.2) is 71.2 Å². The summed E-state index contributed by atoms with van der Waals surface area (Å²) in [4.78, 5) is 33.2. The van der Waals surface area contributed by atoms with Gasteiger partial charge in [0, 0.05) is 41.6 Å². The molecule has 0 atom stereocenters. The Bertz CT molecular complexity index is 1460. The van der Waals surface area contributed by atoms with Crippen LogP contribution >= 0.6 is 15.9 Å². The van der Waals surface area contributed by atoms with Gasteiger partial charge in [-0.05, 0) is 40.5 Å². The zero-order valence-electron chi connectivity index (χ0n) is 20.5. The van der Waals surface area contributed by atoms with Crippen LogP contribution in [-0.2, 0) is 9.53 Å². The first-order chi connectivity index (χ1) is 18.0. The molecule has 0 unspecified atom stereocenters. The van der Waals surface area contributed by atoms with E-state index in [-0.39, 0.29) is 24.2 Å². The third kappa shape index (κ3) is 4.35. The SMILES string of the molecule is COC(=O)c1[nH]c2ccc(Br)cc2c1NC(=O)CN1CCN(C2c3ccccc3-c3ccccc32)CC1. The van der Waals surface area contributed by atoms with Crippen molar-refractivity contribution in [2.75, 3.05) is 45.2 Å². The number of aromatic amines is 1. The monoisotopic (exact) mass is 558 g/mol. The Balaban J connectivity index is 1.15. The number of methoxy groups -OCH3 is 1. The normalized spacial score (nSPS) is 15.9. The van der Waals surface area contributed by atoms with E-state index in [1.165, 1.54) is 29.4 Å². The molecule has 1 aliphatic carbocycles. The van der Waals surface area contributed by atoms with Gasteiger partial charge in [-0.15, -0.1) is 0 Å². The predicted molar refractivity (Wildman–Crippen MR) is 148 cm³/mol. The van der Waals surface area contributed by atoms with Crippen molar-refractivity contribution in [2.24, 2.45) is 0 Å². The number of aromatic nitrogens is 1. The second-order valence-electron chi connectivity index (χ2n) is 9.49. The van der Waals surface area contributed by atoms with Crippen molar-refractivity contribution in [1.29, 1.82) is 0 Å². The Labute approximate surface area is 223 Å². The molecule has 188 valence electrons. The Hall–Kier alpha value is -3.46. The maximum Gasteiger partial charge on any atom is 0.356 e. The molecule has 0 bridgehead atoms. The average molecular weight is 559 g/mol. The third-order valence-electron chi connectivity index (χ3n) is 7.35. The Morgan fingerprint density at radius 1 is 0.973 bits per heavy atom. The van der Waals surface area contributed by atoms with E-state index in [0.717, 1.165) is 41.6 Å². The third-order valence-corrected chi connectivity index (χ3v) is 7.85. The molecular formula is C29H27BrN4O3. The summed E-state index contributed by atoms with van der Waals surface area (Å²) in [6, 6.07) is 23.2. The van der Waals surface area contributed by atoms with Gasteiger partial charge in [0.25, 0.3) is 0 Å². The van der Waals surface area contributed by atoms with E-state index < -0.39 is 5.97 Å². The van der Waals surface area contributed by atoms with E-state index in [2.05, 4.69) is 84.6 Å². The molecule has 37 heavy (non-hydrogen) atoms. The second kappa shape index (κ2) is 9.78. The first-order valence-corrected chi connectivity index (χ1v) is 13.2. The zero-order chi connectivity index (χ0) is 25.5. The molecule has 1 amide bonds. The van der Waals surface area contributed by atoms with Crippen molar-refractivity contribution in [2.45, 2.75) is 6.04 Å². The molecular weight excluding hydrogens is 532 g/mol. The average Bonchev–Trinajstić information content (AvgIpc) is 3.44. The molecule has 8 heteroatoms. The van der Waals surface area contributed by atoms with E-state index in [1.807, 2.05) is 18.2 Å². The van der Waals surface area contributed by atoms with Crippen LogP contribution in [0.4, 0.5) is 5.69 Å². The minimum absolute atomic E-state index is 0.156. The van der Waals surface area contributed by atoms with E-state index in [0.29, 0.717) is 5.69 Å². The maximum atomic E-state index is 13.1. The fourth-order valence-electron chi connectivity index (χ4n) is 5.63. The highest BCUT2D eigenvalue weighted by atomic mass is 79.9. The standard InChI is InChI=1S/C29H27BrN4O3/c1-37-29(36)27-26(23-16-18(30)10-11-24(23)31-27)32-25(35)17-33-12-14-34(15-13-33)28-21-8-4-2-6-19(21)20-7-3-5-9-22(20)28/h2-11,16,28,31H,12-15,17H2,1H3,(H,32,35). The van der Waals surface area contributed by atoms with Crippen LogP contribution < -0.4 is 5.32 Å². The quantitative estimate of drug-likeness (QED) is 0.335. The predicted octanol–water partition coefficient (Wildman–Crippen LogP) is 5.04. The molecule has 3 aromatic carbocycles. The highest BCUT2D eigenvalue weighted by Crippen LogP contribution is 2.46. The number of rotatable bonds is 5. The largest absolute Gasteiger partial charge is 0.464 e. The summed E-state index contributed by atoms with van der Waals surface area (Å²) in [5, 5.41) is 3.72. The van der Waals surface area contributed by atoms with E-state index >= 15 is 0 Å². The number of piperazine rings is 1. The fraction of sp³-hybridized carbons (Fsp3) is 0.241. The zero-order valence-corrected chi connectivity index (χ0v) is 22.0. The lowest BCUT2D eigenvalue weighted by Crippen LogP contribution is -2.49. The minimum Gasteiger partial charge on any atom is -0.464 e. The van der Waals surface area contributed by atoms with Gasteiger partial charge in [-0.25, -0.2) is 4.79 Å². The van der Waals surface area contributed by atoms with Crippen LogP contribution in [0.5, 0.6) is 0 Å². The minimum atomic E-state index is -0.520. The number of ether oxygens (including phenoxy) is 1. The number of nitrogens with zero attached hydrogens (tertiary/aromatic N) is 2. The van der Waals surface area contributed by atoms with Crippen molar-refractivity contribution in [1.82, 2.24) is 14.8 Å². The van der Waals surface area contributed by atoms with Crippen LogP contribution in [0.1, 0.15) is 27.7 Å². The number of H-pyrrole nitrogens is 1. The highest BCUT2D eigenvalue weighted by molar-refractivity contribution is 9.10. The van der Waals surface area contributed by atoms with Crippen molar-refractivity contribution in [3.05, 3.63) is 88.0 Å². The van der Waals surface area contributed by atoms with Gasteiger partial charge in [0.15, 0.2) is 0 Å². The van der Waals surface area contributed by atoms with Crippen LogP contribution in [0.2, 0.25) is 0 Å². The number of carbonyl (C=O) groups is 2. The lowest BCUT2D eigenvalue weighted by Gasteiger charge is -2.38. The highest BCUT2D eigenvalue weighted by Gasteiger charge is 2.34. The number of anilines is 1. The van der Waals surface area contributed by atoms with Crippen LogP contribution in [-0.4, -0.2) is 66.5 Å². The molecule has 0 saturated carbocycles. The number of hydrogen-bond acceptors (Lipinski definition) is 5. The topological polar surface area (TPSA) is 77.7 Å². The molecule has 1 fully saturated rings. The smallest absolute Gasteiger partial charge is 0.356 e. The molecule has 2 N–H and O–H groups in total. The van der Waals surface area contributed by atoms with Crippen LogP contribution in [0.25, 0.3) is 22.0 Å². The number of nitrogens with one attached hydrogen (secondary N) is 2. The molecule has 1 aromatic heterocycles. The summed E-state index contributed by atoms with van der Waals surface area (Å²) in [7, 11) is 1.33. The lowest BCUT2D eigenvalue weighted by molar-refractivity contribution is -0.117. The number of halogens is 1. The number of esters is 1. The molecule has 7 nitrogen and oxygen atoms in total. The summed E-state index contributed by atoms with van der Waals surface area (Å²) >= 11 is 3.47. The molecule has 1 saturated heterocycles. The molecule has 0 radical (unpaired) electrons. The van der Waals surface area contributed by atoms with Crippen LogP contribution in [0.3, 0.4) is 0 Å². The summed E-state index contributed by atoms with van der Waals surface area (Å²) in [6.07, 6.45) is 0. The van der Waals surface area contributed by atoms with E-state index in [4.69, 9.17) is 4.74 Å². The van der Waals surface area contributed by atoms with Crippen LogP contribution in [0, 0.1) is 0 Å². The molecule has 1 aliphatic heterocycles. The summed E-state index contributed by atoms with van der Waals surface area (Å²) in [5.74, 6) is -0.676. The second-order valence-corrected chi connectivity index (χ2v) is 10.4. The van der Waals surface area contributed by atoms with Gasteiger partial charge < -0.3 is 15.0 Å². The Morgan fingerprint density at radius 2 is 1.62 bits per heavy atom. The summed E-state index contributed by atoms with van der Waals surface area (Å²) < 4.78 is 5.79. The molecule has 6 rings (SSSR count). The van der Waals surface area contributed by atoms with Gasteiger partial charge in [-0.3, -0.25) is 14.6 Å². The number of carbonyl (C=O) groups excluding carboxylic acids is 2. The van der Waals surface area contributed by atoms with E-state index in [9.17, 15) is 9.59 Å². The van der Waals surface area contributed by atoms with Gasteiger partial charge in [-0.2, -0.15) is 0 Å². The summed E-state index contributed by atoms with van der Waals surface area (Å²) in [5.41, 5.74) is 6.79. The van der Waals surface area contributed by atoms with Gasteiger partial charge >= 0.3 is 5.97 Å². The van der Waals surface area contributed by atoms with E-state index in [1.54, 1.807) is 0 Å². The first-order valence-electron chi connectivity index (χ1n) is 12.4. The summed E-state index contributed by atoms with van der Waals surface area (Å²) in [6.45, 7) is 3.57. The Morgan fingerprint density at radius 3 is 2.27 bits per heavy atom. The number of hydrogen-bond donors (Lipinski definition) is 2. The van der Waals surface area contributed by atoms with Gasteiger partial charge in [0.2, 0.25) is 5.91 Å².